The number of piperidine rings is 1. The van der Waals surface area contributed by atoms with Crippen molar-refractivity contribution >= 4 is 17.2 Å². The summed E-state index contributed by atoms with van der Waals surface area (Å²) >= 11 is 1.96. The molecular weight excluding hydrogens is 340 g/mol. The number of hydrogen-bond donors (Lipinski definition) is 1. The highest BCUT2D eigenvalue weighted by atomic mass is 32.1. The van der Waals surface area contributed by atoms with E-state index in [9.17, 15) is 4.79 Å². The van der Waals surface area contributed by atoms with Crippen molar-refractivity contribution in [3.8, 4) is 0 Å². The van der Waals surface area contributed by atoms with Gasteiger partial charge in [-0.2, -0.15) is 0 Å². The third-order valence-electron chi connectivity index (χ3n) is 5.81. The predicted molar refractivity (Wildman–Crippen MR) is 107 cm³/mol. The van der Waals surface area contributed by atoms with Crippen molar-refractivity contribution in [3.05, 3.63) is 57.3 Å². The summed E-state index contributed by atoms with van der Waals surface area (Å²) in [7, 11) is 0. The van der Waals surface area contributed by atoms with E-state index in [1.54, 1.807) is 16.0 Å². The Balaban J connectivity index is 1.25. The summed E-state index contributed by atoms with van der Waals surface area (Å²) in [6.45, 7) is 3.78. The predicted octanol–water partition coefficient (Wildman–Crippen LogP) is 4.16. The first-order chi connectivity index (χ1) is 12.8. The molecule has 2 aromatic rings. The van der Waals surface area contributed by atoms with Crippen LogP contribution in [0.1, 0.15) is 47.3 Å². The molecule has 0 saturated carbocycles. The van der Waals surface area contributed by atoms with Crippen molar-refractivity contribution in [1.29, 1.82) is 0 Å². The Morgan fingerprint density at radius 2 is 1.88 bits per heavy atom. The van der Waals surface area contributed by atoms with Gasteiger partial charge < -0.3 is 5.32 Å². The summed E-state index contributed by atoms with van der Waals surface area (Å²) < 4.78 is 0. The normalized spacial score (nSPS) is 18.5. The highest BCUT2D eigenvalue weighted by Gasteiger charge is 2.26. The number of amides is 1. The summed E-state index contributed by atoms with van der Waals surface area (Å²) in [4.78, 5) is 16.6. The Hall–Kier alpha value is -1.65. The molecule has 2 heterocycles. The molecule has 1 aliphatic carbocycles. The average Bonchev–Trinajstić information content (AvgIpc) is 3.10. The lowest BCUT2D eigenvalue weighted by Crippen LogP contribution is -2.40. The monoisotopic (exact) mass is 368 g/mol. The number of fused-ring (bicyclic) bond motifs is 1. The molecule has 4 rings (SSSR count). The zero-order valence-electron chi connectivity index (χ0n) is 15.4. The van der Waals surface area contributed by atoms with Crippen LogP contribution in [0.4, 0.5) is 0 Å². The van der Waals surface area contributed by atoms with E-state index in [4.69, 9.17) is 0 Å². The van der Waals surface area contributed by atoms with Gasteiger partial charge in [0.2, 0.25) is 5.91 Å². The molecule has 1 aliphatic heterocycles. The molecular formula is C22H28N2OS. The Morgan fingerprint density at radius 3 is 2.69 bits per heavy atom. The summed E-state index contributed by atoms with van der Waals surface area (Å²) in [5, 5.41) is 5.50. The first kappa shape index (κ1) is 17.7. The number of carbonyl (C=O) groups excluding carboxylic acids is 1. The van der Waals surface area contributed by atoms with Gasteiger partial charge in [-0.15, -0.1) is 11.3 Å². The number of rotatable bonds is 5. The molecule has 1 aromatic heterocycles. The van der Waals surface area contributed by atoms with Crippen molar-refractivity contribution in [3.63, 3.8) is 0 Å². The van der Waals surface area contributed by atoms with Crippen LogP contribution in [0.15, 0.2) is 35.7 Å². The number of hydrogen-bond acceptors (Lipinski definition) is 3. The SMILES string of the molecule is O=C(NCc1ccccc1)C1CCN(Cc2csc3c2CCCC3)CC1. The van der Waals surface area contributed by atoms with Crippen molar-refractivity contribution in [2.75, 3.05) is 13.1 Å². The Morgan fingerprint density at radius 1 is 1.12 bits per heavy atom. The Kier molecular flexibility index (Phi) is 5.71. The highest BCUT2D eigenvalue weighted by Crippen LogP contribution is 2.31. The number of benzene rings is 1. The summed E-state index contributed by atoms with van der Waals surface area (Å²) in [5.74, 6) is 0.396. The first-order valence-electron chi connectivity index (χ1n) is 9.91. The highest BCUT2D eigenvalue weighted by molar-refractivity contribution is 7.10. The lowest BCUT2D eigenvalue weighted by atomic mass is 9.93. The second-order valence-electron chi connectivity index (χ2n) is 7.62. The van der Waals surface area contributed by atoms with Crippen LogP contribution in [0.25, 0.3) is 0 Å². The van der Waals surface area contributed by atoms with Gasteiger partial charge in [0.15, 0.2) is 0 Å². The van der Waals surface area contributed by atoms with Crippen LogP contribution in [0.5, 0.6) is 0 Å². The fraction of sp³-hybridized carbons (Fsp3) is 0.500. The molecule has 1 saturated heterocycles. The van der Waals surface area contributed by atoms with Gasteiger partial charge in [0.25, 0.3) is 0 Å². The zero-order chi connectivity index (χ0) is 17.8. The third-order valence-corrected chi connectivity index (χ3v) is 6.95. The van der Waals surface area contributed by atoms with E-state index in [1.165, 1.54) is 31.2 Å². The minimum atomic E-state index is 0.173. The van der Waals surface area contributed by atoms with Crippen molar-refractivity contribution in [2.24, 2.45) is 5.92 Å². The molecule has 1 fully saturated rings. The van der Waals surface area contributed by atoms with E-state index in [0.29, 0.717) is 6.54 Å². The maximum absolute atomic E-state index is 12.5. The van der Waals surface area contributed by atoms with Crippen LogP contribution in [-0.2, 0) is 30.7 Å². The van der Waals surface area contributed by atoms with Gasteiger partial charge in [0.1, 0.15) is 0 Å². The largest absolute Gasteiger partial charge is 0.352 e. The molecule has 0 unspecified atom stereocenters. The molecule has 0 radical (unpaired) electrons. The molecule has 26 heavy (non-hydrogen) atoms. The number of likely N-dealkylation sites (tertiary alicyclic amines) is 1. The Bertz CT molecular complexity index is 732. The first-order valence-corrected chi connectivity index (χ1v) is 10.8. The second-order valence-corrected chi connectivity index (χ2v) is 8.59. The zero-order valence-corrected chi connectivity index (χ0v) is 16.2. The topological polar surface area (TPSA) is 32.3 Å². The Labute approximate surface area is 160 Å². The maximum Gasteiger partial charge on any atom is 0.223 e. The standard InChI is InChI=1S/C22H28N2OS/c25-22(23-14-17-6-2-1-3-7-17)18-10-12-24(13-11-18)15-19-16-26-21-9-5-4-8-20(19)21/h1-3,6-7,16,18H,4-5,8-15H2,(H,23,25). The van der Waals surface area contributed by atoms with Crippen LogP contribution in [-0.4, -0.2) is 23.9 Å². The van der Waals surface area contributed by atoms with Gasteiger partial charge in [0, 0.05) is 23.9 Å². The number of carbonyl (C=O) groups is 1. The fourth-order valence-corrected chi connectivity index (χ4v) is 5.36. The van der Waals surface area contributed by atoms with Gasteiger partial charge in [-0.25, -0.2) is 0 Å². The smallest absolute Gasteiger partial charge is 0.223 e. The summed E-state index contributed by atoms with van der Waals surface area (Å²) in [6.07, 6.45) is 7.22. The minimum absolute atomic E-state index is 0.173. The molecule has 4 heteroatoms. The second kappa shape index (κ2) is 8.36. The third kappa shape index (κ3) is 4.18. The van der Waals surface area contributed by atoms with E-state index in [2.05, 4.69) is 27.7 Å². The van der Waals surface area contributed by atoms with E-state index >= 15 is 0 Å². The van der Waals surface area contributed by atoms with Gasteiger partial charge in [0.05, 0.1) is 0 Å². The van der Waals surface area contributed by atoms with Gasteiger partial charge in [-0.1, -0.05) is 30.3 Å². The number of thiophene rings is 1. The molecule has 0 spiro atoms. The molecule has 0 bridgehead atoms. The molecule has 1 aromatic carbocycles. The number of aryl methyl sites for hydroxylation is 1. The quantitative estimate of drug-likeness (QED) is 0.860. The van der Waals surface area contributed by atoms with Gasteiger partial charge in [-0.05, 0) is 73.7 Å². The van der Waals surface area contributed by atoms with Crippen LogP contribution >= 0.6 is 11.3 Å². The van der Waals surface area contributed by atoms with Crippen LogP contribution < -0.4 is 5.32 Å². The van der Waals surface area contributed by atoms with Crippen molar-refractivity contribution in [1.82, 2.24) is 10.2 Å². The van der Waals surface area contributed by atoms with E-state index < -0.39 is 0 Å². The maximum atomic E-state index is 12.5. The molecule has 0 atom stereocenters. The number of nitrogens with zero attached hydrogens (tertiary/aromatic N) is 1. The van der Waals surface area contributed by atoms with Crippen LogP contribution in [0.2, 0.25) is 0 Å². The lowest BCUT2D eigenvalue weighted by Gasteiger charge is -2.31. The molecule has 1 N–H and O–H groups in total. The van der Waals surface area contributed by atoms with E-state index in [0.717, 1.165) is 32.5 Å². The van der Waals surface area contributed by atoms with Crippen molar-refractivity contribution < 1.29 is 4.79 Å². The summed E-state index contributed by atoms with van der Waals surface area (Å²) in [6, 6.07) is 10.2. The van der Waals surface area contributed by atoms with Gasteiger partial charge >= 0.3 is 0 Å². The van der Waals surface area contributed by atoms with E-state index in [1.807, 2.05) is 29.5 Å². The molecule has 2 aliphatic rings. The van der Waals surface area contributed by atoms with Crippen molar-refractivity contribution in [2.45, 2.75) is 51.6 Å². The molecule has 138 valence electrons. The fourth-order valence-electron chi connectivity index (χ4n) is 4.22. The van der Waals surface area contributed by atoms with Crippen LogP contribution in [0.3, 0.4) is 0 Å². The summed E-state index contributed by atoms with van der Waals surface area (Å²) in [5.41, 5.74) is 4.36. The van der Waals surface area contributed by atoms with Crippen LogP contribution in [0, 0.1) is 5.92 Å². The van der Waals surface area contributed by atoms with Gasteiger partial charge in [-0.3, -0.25) is 9.69 Å². The molecule has 3 nitrogen and oxygen atoms in total. The lowest BCUT2D eigenvalue weighted by molar-refractivity contribution is -0.126. The average molecular weight is 369 g/mol. The van der Waals surface area contributed by atoms with E-state index in [-0.39, 0.29) is 11.8 Å². The minimum Gasteiger partial charge on any atom is -0.352 e. The number of nitrogens with one attached hydrogen (secondary N) is 1. The molecule has 1 amide bonds.